The van der Waals surface area contributed by atoms with Gasteiger partial charge < -0.3 is 9.47 Å². The van der Waals surface area contributed by atoms with Crippen LogP contribution in [-0.2, 0) is 4.79 Å². The van der Waals surface area contributed by atoms with E-state index >= 15 is 0 Å². The van der Waals surface area contributed by atoms with Gasteiger partial charge in [0.1, 0.15) is 11.5 Å². The molecule has 148 valence electrons. The molecular weight excluding hydrogens is 446 g/mol. The fourth-order valence-corrected chi connectivity index (χ4v) is 2.55. The molecule has 0 saturated carbocycles. The third-order valence-electron chi connectivity index (χ3n) is 3.30. The van der Waals surface area contributed by atoms with Gasteiger partial charge >= 0.3 is 0 Å². The van der Waals surface area contributed by atoms with Crippen LogP contribution in [0.2, 0.25) is 0 Å². The van der Waals surface area contributed by atoms with Crippen LogP contribution in [0.4, 0.5) is 0 Å². The first kappa shape index (κ1) is 21.6. The van der Waals surface area contributed by atoms with Crippen LogP contribution in [0.25, 0.3) is 0 Å². The van der Waals surface area contributed by atoms with Gasteiger partial charge in [0.05, 0.1) is 12.2 Å². The summed E-state index contributed by atoms with van der Waals surface area (Å²) in [6.07, 6.45) is 0.814. The number of rotatable bonds is 7. The van der Waals surface area contributed by atoms with E-state index in [0.29, 0.717) is 23.7 Å². The van der Waals surface area contributed by atoms with Crippen LogP contribution in [0.5, 0.6) is 11.5 Å². The number of nitrogens with one attached hydrogen (secondary N) is 3. The van der Waals surface area contributed by atoms with Crippen LogP contribution in [0.1, 0.15) is 23.7 Å². The highest BCUT2D eigenvalue weighted by Crippen LogP contribution is 2.23. The third kappa shape index (κ3) is 7.16. The summed E-state index contributed by atoms with van der Waals surface area (Å²) in [4.78, 5) is 24.3. The van der Waals surface area contributed by atoms with E-state index in [1.54, 1.807) is 42.5 Å². The number of benzene rings is 2. The minimum absolute atomic E-state index is 0.0560. The Morgan fingerprint density at radius 1 is 1.07 bits per heavy atom. The second-order valence-corrected chi connectivity index (χ2v) is 6.87. The number of carbonyl (C=O) groups is 2. The number of thiocarbonyl (C=S) groups is 1. The van der Waals surface area contributed by atoms with Crippen molar-refractivity contribution < 1.29 is 19.1 Å². The van der Waals surface area contributed by atoms with E-state index in [1.807, 2.05) is 13.0 Å². The first-order valence-electron chi connectivity index (χ1n) is 8.50. The number of halogens is 1. The Labute approximate surface area is 176 Å². The summed E-state index contributed by atoms with van der Waals surface area (Å²) in [5.74, 6) is 0.114. The molecule has 0 aliphatic carbocycles. The van der Waals surface area contributed by atoms with Crippen molar-refractivity contribution in [1.29, 1.82) is 0 Å². The Kier molecular flexibility index (Phi) is 8.70. The molecule has 2 aromatic carbocycles. The molecule has 28 heavy (non-hydrogen) atoms. The van der Waals surface area contributed by atoms with Gasteiger partial charge in [0.2, 0.25) is 0 Å². The van der Waals surface area contributed by atoms with E-state index in [0.717, 1.165) is 10.9 Å². The molecule has 0 bridgehead atoms. The SMILES string of the molecule is CCCOc1ccc(Br)cc1C(=O)NC(=S)NNC(=O)COc1ccccc1. The highest BCUT2D eigenvalue weighted by atomic mass is 79.9. The number of para-hydroxylation sites is 1. The van der Waals surface area contributed by atoms with Crippen molar-refractivity contribution in [3.05, 3.63) is 58.6 Å². The number of hydrazine groups is 1. The average Bonchev–Trinajstić information content (AvgIpc) is 2.70. The van der Waals surface area contributed by atoms with Crippen LogP contribution < -0.4 is 25.6 Å². The average molecular weight is 466 g/mol. The molecule has 0 unspecified atom stereocenters. The van der Waals surface area contributed by atoms with E-state index in [2.05, 4.69) is 32.1 Å². The quantitative estimate of drug-likeness (QED) is 0.430. The zero-order valence-electron chi connectivity index (χ0n) is 15.2. The minimum atomic E-state index is -0.459. The van der Waals surface area contributed by atoms with Crippen LogP contribution in [0, 0.1) is 0 Å². The normalized spacial score (nSPS) is 9.93. The lowest BCUT2D eigenvalue weighted by Gasteiger charge is -2.14. The number of carbonyl (C=O) groups excluding carboxylic acids is 2. The fraction of sp³-hybridized carbons (Fsp3) is 0.211. The van der Waals surface area contributed by atoms with Crippen molar-refractivity contribution in [2.75, 3.05) is 13.2 Å². The number of ether oxygens (including phenoxy) is 2. The molecule has 0 atom stereocenters. The van der Waals surface area contributed by atoms with Crippen LogP contribution in [-0.4, -0.2) is 30.1 Å². The molecule has 0 radical (unpaired) electrons. The topological polar surface area (TPSA) is 88.7 Å². The molecule has 0 saturated heterocycles. The van der Waals surface area contributed by atoms with E-state index < -0.39 is 11.8 Å². The first-order chi connectivity index (χ1) is 13.5. The second-order valence-electron chi connectivity index (χ2n) is 5.55. The molecule has 9 heteroatoms. The van der Waals surface area contributed by atoms with Crippen molar-refractivity contribution in [1.82, 2.24) is 16.2 Å². The van der Waals surface area contributed by atoms with Crippen molar-refractivity contribution >= 4 is 45.1 Å². The van der Waals surface area contributed by atoms with Gasteiger partial charge in [-0.1, -0.05) is 41.1 Å². The standard InChI is InChI=1S/C19H20BrN3O4S/c1-2-10-26-16-9-8-13(20)11-15(16)18(25)21-19(28)23-22-17(24)12-27-14-6-4-3-5-7-14/h3-9,11H,2,10,12H2,1H3,(H,22,24)(H2,21,23,25,28). The van der Waals surface area contributed by atoms with E-state index in [9.17, 15) is 9.59 Å². The van der Waals surface area contributed by atoms with Gasteiger partial charge in [-0.2, -0.15) is 0 Å². The van der Waals surface area contributed by atoms with E-state index in [-0.39, 0.29) is 11.7 Å². The molecule has 7 nitrogen and oxygen atoms in total. The molecule has 0 aliphatic rings. The Morgan fingerprint density at radius 2 is 1.82 bits per heavy atom. The van der Waals surface area contributed by atoms with Gasteiger partial charge in [0, 0.05) is 4.47 Å². The molecule has 0 aromatic heterocycles. The van der Waals surface area contributed by atoms with Gasteiger partial charge in [0.25, 0.3) is 11.8 Å². The molecule has 0 spiro atoms. The number of hydrogen-bond acceptors (Lipinski definition) is 5. The van der Waals surface area contributed by atoms with Crippen LogP contribution >= 0.6 is 28.1 Å². The molecule has 0 heterocycles. The predicted octanol–water partition coefficient (Wildman–Crippen LogP) is 2.95. The van der Waals surface area contributed by atoms with Gasteiger partial charge in [0.15, 0.2) is 11.7 Å². The summed E-state index contributed by atoms with van der Waals surface area (Å²) in [5, 5.41) is 2.44. The maximum Gasteiger partial charge on any atom is 0.276 e. The molecule has 2 rings (SSSR count). The molecule has 2 aromatic rings. The maximum atomic E-state index is 12.5. The largest absolute Gasteiger partial charge is 0.493 e. The molecule has 0 fully saturated rings. The van der Waals surface area contributed by atoms with E-state index in [1.165, 1.54) is 0 Å². The number of hydrogen-bond donors (Lipinski definition) is 3. The van der Waals surface area contributed by atoms with Crippen molar-refractivity contribution in [2.45, 2.75) is 13.3 Å². The minimum Gasteiger partial charge on any atom is -0.493 e. The number of amides is 2. The lowest BCUT2D eigenvalue weighted by molar-refractivity contribution is -0.123. The van der Waals surface area contributed by atoms with Crippen LogP contribution in [0.3, 0.4) is 0 Å². The summed E-state index contributed by atoms with van der Waals surface area (Å²) in [6, 6.07) is 14.0. The highest BCUT2D eigenvalue weighted by molar-refractivity contribution is 9.10. The Morgan fingerprint density at radius 3 is 2.54 bits per heavy atom. The van der Waals surface area contributed by atoms with Gasteiger partial charge in [-0.15, -0.1) is 0 Å². The zero-order valence-corrected chi connectivity index (χ0v) is 17.6. The lowest BCUT2D eigenvalue weighted by atomic mass is 10.2. The van der Waals surface area contributed by atoms with Gasteiger partial charge in [-0.25, -0.2) is 0 Å². The van der Waals surface area contributed by atoms with Crippen molar-refractivity contribution in [3.63, 3.8) is 0 Å². The van der Waals surface area contributed by atoms with E-state index in [4.69, 9.17) is 21.7 Å². The summed E-state index contributed by atoms with van der Waals surface area (Å²) in [5.41, 5.74) is 5.15. The molecule has 0 aliphatic heterocycles. The fourth-order valence-electron chi connectivity index (χ4n) is 2.05. The Bertz CT molecular complexity index is 833. The summed E-state index contributed by atoms with van der Waals surface area (Å²) in [7, 11) is 0. The maximum absolute atomic E-state index is 12.5. The smallest absolute Gasteiger partial charge is 0.276 e. The first-order valence-corrected chi connectivity index (χ1v) is 9.70. The molecule has 3 N–H and O–H groups in total. The lowest BCUT2D eigenvalue weighted by Crippen LogP contribution is -2.49. The second kappa shape index (κ2) is 11.3. The third-order valence-corrected chi connectivity index (χ3v) is 4.00. The summed E-state index contributed by atoms with van der Waals surface area (Å²) >= 11 is 8.37. The van der Waals surface area contributed by atoms with Crippen LogP contribution in [0.15, 0.2) is 53.0 Å². The highest BCUT2D eigenvalue weighted by Gasteiger charge is 2.15. The van der Waals surface area contributed by atoms with Gasteiger partial charge in [-0.3, -0.25) is 25.8 Å². The predicted molar refractivity (Wildman–Crippen MR) is 113 cm³/mol. The van der Waals surface area contributed by atoms with Crippen molar-refractivity contribution in [2.24, 2.45) is 0 Å². The molecular formula is C19H20BrN3O4S. The monoisotopic (exact) mass is 465 g/mol. The van der Waals surface area contributed by atoms with Crippen molar-refractivity contribution in [3.8, 4) is 11.5 Å². The Balaban J connectivity index is 1.83. The summed E-state index contributed by atoms with van der Waals surface area (Å²) in [6.45, 7) is 2.26. The molecule has 2 amide bonds. The van der Waals surface area contributed by atoms with Gasteiger partial charge in [-0.05, 0) is 49.0 Å². The zero-order chi connectivity index (χ0) is 20.4. The Hall–Kier alpha value is -2.65. The summed E-state index contributed by atoms with van der Waals surface area (Å²) < 4.78 is 11.6.